The van der Waals surface area contributed by atoms with E-state index in [4.69, 9.17) is 11.6 Å². The van der Waals surface area contributed by atoms with Gasteiger partial charge in [0.05, 0.1) is 12.2 Å². The van der Waals surface area contributed by atoms with Crippen LogP contribution in [0.5, 0.6) is 0 Å². The molecule has 72 valence electrons. The lowest BCUT2D eigenvalue weighted by atomic mass is 10.3. The third-order valence-electron chi connectivity index (χ3n) is 2.05. The lowest BCUT2D eigenvalue weighted by molar-refractivity contribution is 0.0572. The first-order chi connectivity index (χ1) is 6.16. The van der Waals surface area contributed by atoms with E-state index in [2.05, 4.69) is 4.98 Å². The minimum absolute atomic E-state index is 0.418. The zero-order valence-electron chi connectivity index (χ0n) is 6.72. The monoisotopic (exact) mass is 220 g/mol. The first kappa shape index (κ1) is 9.21. The summed E-state index contributed by atoms with van der Waals surface area (Å²) in [6, 6.07) is 0. The van der Waals surface area contributed by atoms with Gasteiger partial charge in [-0.3, -0.25) is 0 Å². The molecule has 2 rings (SSSR count). The maximum absolute atomic E-state index is 9.29. The molecule has 0 unspecified atom stereocenters. The van der Waals surface area contributed by atoms with Gasteiger partial charge in [0.1, 0.15) is 5.82 Å². The van der Waals surface area contributed by atoms with E-state index in [1.54, 1.807) is 0 Å². The summed E-state index contributed by atoms with van der Waals surface area (Å²) in [5.41, 5.74) is 0. The predicted octanol–water partition coefficient (Wildman–Crippen LogP) is 0.338. The van der Waals surface area contributed by atoms with E-state index in [0.29, 0.717) is 17.6 Å². The number of hydrogen-bond acceptors (Lipinski definition) is 5. The Labute approximate surface area is 84.4 Å². The zero-order chi connectivity index (χ0) is 9.42. The molecule has 13 heavy (non-hydrogen) atoms. The number of halogens is 1. The highest BCUT2D eigenvalue weighted by Crippen LogP contribution is 2.25. The van der Waals surface area contributed by atoms with Gasteiger partial charge in [-0.2, -0.15) is 0 Å². The van der Waals surface area contributed by atoms with Gasteiger partial charge < -0.3 is 15.1 Å². The van der Waals surface area contributed by atoms with Crippen LogP contribution in [0.1, 0.15) is 0 Å². The van der Waals surface area contributed by atoms with E-state index in [1.165, 1.54) is 11.3 Å². The second-order valence-electron chi connectivity index (χ2n) is 3.00. The number of aromatic nitrogens is 1. The maximum Gasteiger partial charge on any atom is 0.185 e. The largest absolute Gasteiger partial charge is 0.389 e. The summed E-state index contributed by atoms with van der Waals surface area (Å²) < 4.78 is 0.478. The van der Waals surface area contributed by atoms with Gasteiger partial charge in [0.2, 0.25) is 0 Å². The Morgan fingerprint density at radius 1 is 1.46 bits per heavy atom. The van der Waals surface area contributed by atoms with Crippen molar-refractivity contribution >= 4 is 28.8 Å². The molecule has 1 saturated heterocycles. The van der Waals surface area contributed by atoms with E-state index in [1.807, 2.05) is 10.3 Å². The number of nitrogens with zero attached hydrogens (tertiary/aromatic N) is 2. The highest BCUT2D eigenvalue weighted by molar-refractivity contribution is 7.14. The summed E-state index contributed by atoms with van der Waals surface area (Å²) in [6.07, 6.45) is -1.36. The SMILES string of the molecule is O[C@@H]1CN(c2csc(Cl)n2)C[C@@H]1O. The fraction of sp³-hybridized carbons (Fsp3) is 0.571. The molecule has 0 spiro atoms. The lowest BCUT2D eigenvalue weighted by Gasteiger charge is -2.12. The van der Waals surface area contributed by atoms with E-state index in [-0.39, 0.29) is 0 Å². The van der Waals surface area contributed by atoms with Gasteiger partial charge in [-0.25, -0.2) is 4.98 Å². The molecule has 1 fully saturated rings. The summed E-state index contributed by atoms with van der Waals surface area (Å²) in [4.78, 5) is 5.87. The van der Waals surface area contributed by atoms with Crippen molar-refractivity contribution < 1.29 is 10.2 Å². The minimum atomic E-state index is -0.680. The van der Waals surface area contributed by atoms with E-state index >= 15 is 0 Å². The van der Waals surface area contributed by atoms with Crippen LogP contribution in [0.2, 0.25) is 4.47 Å². The Kier molecular flexibility index (Phi) is 2.42. The maximum atomic E-state index is 9.29. The molecular formula is C7H9ClN2O2S. The second-order valence-corrected chi connectivity index (χ2v) is 4.44. The third-order valence-corrected chi connectivity index (χ3v) is 3.01. The molecule has 1 aromatic heterocycles. The van der Waals surface area contributed by atoms with Gasteiger partial charge in [-0.1, -0.05) is 11.6 Å². The highest BCUT2D eigenvalue weighted by Gasteiger charge is 2.30. The van der Waals surface area contributed by atoms with Crippen molar-refractivity contribution in [3.63, 3.8) is 0 Å². The van der Waals surface area contributed by atoms with Crippen LogP contribution in [-0.2, 0) is 0 Å². The molecule has 2 atom stereocenters. The van der Waals surface area contributed by atoms with Crippen LogP contribution in [0.4, 0.5) is 5.82 Å². The standard InChI is InChI=1S/C7H9ClN2O2S/c8-7-9-6(3-13-7)10-1-4(11)5(12)2-10/h3-5,11-12H,1-2H2/t4-,5+. The molecule has 1 aliphatic heterocycles. The number of aliphatic hydroxyl groups excluding tert-OH is 2. The molecule has 0 aliphatic carbocycles. The van der Waals surface area contributed by atoms with Crippen molar-refractivity contribution in [1.29, 1.82) is 0 Å². The van der Waals surface area contributed by atoms with Crippen LogP contribution < -0.4 is 4.90 Å². The quantitative estimate of drug-likeness (QED) is 0.717. The topological polar surface area (TPSA) is 56.6 Å². The summed E-state index contributed by atoms with van der Waals surface area (Å²) >= 11 is 7.01. The fourth-order valence-electron chi connectivity index (χ4n) is 1.35. The molecule has 0 amide bonds. The van der Waals surface area contributed by atoms with E-state index in [0.717, 1.165) is 5.82 Å². The number of rotatable bonds is 1. The van der Waals surface area contributed by atoms with Crippen LogP contribution >= 0.6 is 22.9 Å². The predicted molar refractivity (Wildman–Crippen MR) is 51.4 cm³/mol. The summed E-state index contributed by atoms with van der Waals surface area (Å²) in [6.45, 7) is 0.836. The van der Waals surface area contributed by atoms with Crippen LogP contribution in [0.15, 0.2) is 5.38 Å². The van der Waals surface area contributed by atoms with Gasteiger partial charge in [0, 0.05) is 18.5 Å². The Bertz CT molecular complexity index is 296. The molecule has 2 N–H and O–H groups in total. The molecule has 0 aromatic carbocycles. The fourth-order valence-corrected chi connectivity index (χ4v) is 2.12. The summed E-state index contributed by atoms with van der Waals surface area (Å²) in [5.74, 6) is 0.727. The molecule has 0 radical (unpaired) electrons. The van der Waals surface area contributed by atoms with E-state index in [9.17, 15) is 10.2 Å². The second kappa shape index (κ2) is 3.42. The minimum Gasteiger partial charge on any atom is -0.389 e. The first-order valence-corrected chi connectivity index (χ1v) is 5.14. The Balaban J connectivity index is 2.11. The molecule has 0 bridgehead atoms. The highest BCUT2D eigenvalue weighted by atomic mass is 35.5. The molecule has 1 aromatic rings. The Morgan fingerprint density at radius 2 is 2.08 bits per heavy atom. The summed E-state index contributed by atoms with van der Waals surface area (Å²) in [5, 5.41) is 20.4. The van der Waals surface area contributed by atoms with Crippen LogP contribution in [-0.4, -0.2) is 40.5 Å². The number of hydrogen-bond donors (Lipinski definition) is 2. The van der Waals surface area contributed by atoms with Crippen LogP contribution in [0.3, 0.4) is 0 Å². The molecule has 2 heterocycles. The number of aliphatic hydroxyl groups is 2. The Morgan fingerprint density at radius 3 is 2.54 bits per heavy atom. The Hall–Kier alpha value is -0.360. The van der Waals surface area contributed by atoms with Gasteiger partial charge in [0.25, 0.3) is 0 Å². The molecule has 0 saturated carbocycles. The van der Waals surface area contributed by atoms with Crippen molar-refractivity contribution in [1.82, 2.24) is 4.98 Å². The van der Waals surface area contributed by atoms with Crippen molar-refractivity contribution in [3.05, 3.63) is 9.85 Å². The number of thiazole rings is 1. The first-order valence-electron chi connectivity index (χ1n) is 3.89. The van der Waals surface area contributed by atoms with Crippen LogP contribution in [0.25, 0.3) is 0 Å². The lowest BCUT2D eigenvalue weighted by Crippen LogP contribution is -2.22. The molecular weight excluding hydrogens is 212 g/mol. The van der Waals surface area contributed by atoms with Crippen LogP contribution in [0, 0.1) is 0 Å². The number of β-amino-alcohol motifs (C(OH)–C–C–N with tert-alkyl or cyclic N) is 2. The van der Waals surface area contributed by atoms with Gasteiger partial charge in [0.15, 0.2) is 4.47 Å². The summed E-state index contributed by atoms with van der Waals surface area (Å²) in [7, 11) is 0. The third kappa shape index (κ3) is 1.78. The van der Waals surface area contributed by atoms with Crippen molar-refractivity contribution in [2.24, 2.45) is 0 Å². The zero-order valence-corrected chi connectivity index (χ0v) is 8.29. The van der Waals surface area contributed by atoms with Gasteiger partial charge >= 0.3 is 0 Å². The van der Waals surface area contributed by atoms with Crippen molar-refractivity contribution in [2.75, 3.05) is 18.0 Å². The number of anilines is 1. The normalized spacial score (nSPS) is 28.4. The molecule has 4 nitrogen and oxygen atoms in total. The average Bonchev–Trinajstić information content (AvgIpc) is 2.61. The molecule has 6 heteroatoms. The van der Waals surface area contributed by atoms with Gasteiger partial charge in [-0.05, 0) is 0 Å². The average molecular weight is 221 g/mol. The smallest absolute Gasteiger partial charge is 0.185 e. The van der Waals surface area contributed by atoms with Gasteiger partial charge in [-0.15, -0.1) is 11.3 Å². The molecule has 1 aliphatic rings. The van der Waals surface area contributed by atoms with E-state index < -0.39 is 12.2 Å². The van der Waals surface area contributed by atoms with Crippen molar-refractivity contribution in [3.8, 4) is 0 Å². The van der Waals surface area contributed by atoms with Crippen molar-refractivity contribution in [2.45, 2.75) is 12.2 Å².